The Bertz CT molecular complexity index is 1340. The highest BCUT2D eigenvalue weighted by molar-refractivity contribution is 6.07. The van der Waals surface area contributed by atoms with E-state index in [0.29, 0.717) is 43.3 Å². The number of ether oxygens (including phenoxy) is 3. The number of nitrogens with zero attached hydrogens (tertiary/aromatic N) is 3. The second-order valence-electron chi connectivity index (χ2n) is 8.37. The van der Waals surface area contributed by atoms with Gasteiger partial charge in [-0.05, 0) is 36.8 Å². The molecule has 13 heteroatoms. The molecule has 2 heterocycles. The van der Waals surface area contributed by atoms with Crippen molar-refractivity contribution in [3.8, 4) is 17.2 Å². The molecule has 3 N–H and O–H groups in total. The van der Waals surface area contributed by atoms with E-state index in [1.54, 1.807) is 42.5 Å². The van der Waals surface area contributed by atoms with Gasteiger partial charge in [0.25, 0.3) is 5.91 Å². The molecule has 2 aromatic carbocycles. The van der Waals surface area contributed by atoms with Gasteiger partial charge in [0.15, 0.2) is 11.4 Å². The highest BCUT2D eigenvalue weighted by atomic mass is 19.4. The maximum Gasteiger partial charge on any atom is 0.491 e. The number of hydrogen-bond donors (Lipinski definition) is 2. The van der Waals surface area contributed by atoms with Crippen molar-refractivity contribution in [3.05, 3.63) is 59.4 Å². The Kier molecular flexibility index (Phi) is 7.88. The molecule has 1 aliphatic rings. The van der Waals surface area contributed by atoms with Crippen LogP contribution in [0.5, 0.6) is 11.5 Å². The number of hydrogen-bond acceptors (Lipinski definition) is 8. The molecule has 1 saturated heterocycles. The molecular formula is C25H26F3N5O5. The maximum atomic E-state index is 13.5. The van der Waals surface area contributed by atoms with Crippen molar-refractivity contribution in [2.45, 2.75) is 19.6 Å². The third-order valence-corrected chi connectivity index (χ3v) is 5.85. The van der Waals surface area contributed by atoms with Crippen LogP contribution in [-0.2, 0) is 16.1 Å². The Labute approximate surface area is 216 Å². The first kappa shape index (κ1) is 26.9. The van der Waals surface area contributed by atoms with E-state index in [1.165, 1.54) is 14.0 Å². The van der Waals surface area contributed by atoms with Crippen LogP contribution in [-0.4, -0.2) is 61.2 Å². The molecule has 10 nitrogen and oxygen atoms in total. The number of nitrogens with two attached hydrogens (primary N) is 1. The fourth-order valence-corrected chi connectivity index (χ4v) is 3.97. The van der Waals surface area contributed by atoms with Gasteiger partial charge in [-0.3, -0.25) is 4.79 Å². The van der Waals surface area contributed by atoms with E-state index in [2.05, 4.69) is 20.1 Å². The SMILES string of the molecule is COc1cc(N2CCOCC2)ccc1NC(=O)c1c(OC(=O)C(F)(F)F)c(C)nn1-c1cccc(CN)c1. The molecule has 202 valence electrons. The summed E-state index contributed by atoms with van der Waals surface area (Å²) in [5, 5.41) is 6.84. The molecule has 0 unspecified atom stereocenters. The minimum absolute atomic E-state index is 0.0967. The smallest absolute Gasteiger partial charge is 0.491 e. The Morgan fingerprint density at radius 2 is 1.87 bits per heavy atom. The Morgan fingerprint density at radius 1 is 1.13 bits per heavy atom. The lowest BCUT2D eigenvalue weighted by atomic mass is 10.2. The van der Waals surface area contributed by atoms with Crippen molar-refractivity contribution in [3.63, 3.8) is 0 Å². The molecule has 1 aromatic heterocycles. The minimum atomic E-state index is -5.28. The van der Waals surface area contributed by atoms with Crippen LogP contribution >= 0.6 is 0 Å². The molecule has 38 heavy (non-hydrogen) atoms. The number of rotatable bonds is 7. The number of anilines is 2. The van der Waals surface area contributed by atoms with Gasteiger partial charge in [-0.2, -0.15) is 18.3 Å². The molecule has 3 aromatic rings. The number of alkyl halides is 3. The lowest BCUT2D eigenvalue weighted by Crippen LogP contribution is -2.36. The molecule has 0 radical (unpaired) electrons. The number of nitrogens with one attached hydrogen (secondary N) is 1. The number of carbonyl (C=O) groups excluding carboxylic acids is 2. The van der Waals surface area contributed by atoms with Crippen LogP contribution in [0.15, 0.2) is 42.5 Å². The molecule has 1 fully saturated rings. The second kappa shape index (κ2) is 11.1. The van der Waals surface area contributed by atoms with Crippen LogP contribution in [0.2, 0.25) is 0 Å². The summed E-state index contributed by atoms with van der Waals surface area (Å²) < 4.78 is 55.6. The number of aryl methyl sites for hydroxylation is 1. The van der Waals surface area contributed by atoms with Crippen molar-refractivity contribution in [2.24, 2.45) is 5.73 Å². The first-order chi connectivity index (χ1) is 18.1. The monoisotopic (exact) mass is 533 g/mol. The van der Waals surface area contributed by atoms with Gasteiger partial charge in [0.2, 0.25) is 0 Å². The molecule has 0 atom stereocenters. The van der Waals surface area contributed by atoms with Crippen molar-refractivity contribution in [1.29, 1.82) is 0 Å². The zero-order valence-corrected chi connectivity index (χ0v) is 20.7. The lowest BCUT2D eigenvalue weighted by Gasteiger charge is -2.29. The second-order valence-corrected chi connectivity index (χ2v) is 8.37. The van der Waals surface area contributed by atoms with Gasteiger partial charge in [-0.15, -0.1) is 0 Å². The summed E-state index contributed by atoms with van der Waals surface area (Å²) in [6.45, 7) is 4.03. The number of aromatic nitrogens is 2. The summed E-state index contributed by atoms with van der Waals surface area (Å²) in [5.74, 6) is -3.64. The first-order valence-electron chi connectivity index (χ1n) is 11.6. The molecule has 0 saturated carbocycles. The average molecular weight is 534 g/mol. The summed E-state index contributed by atoms with van der Waals surface area (Å²) in [5.41, 5.74) is 7.34. The first-order valence-corrected chi connectivity index (χ1v) is 11.6. The van der Waals surface area contributed by atoms with E-state index in [9.17, 15) is 22.8 Å². The standard InChI is InChI=1S/C25H26F3N5O5/c1-15-22(38-24(35)25(26,27)28)21(33(31-15)18-5-3-4-16(12-18)14-29)23(34)30-19-7-6-17(13-20(19)36-2)32-8-10-37-11-9-32/h3-7,12-13H,8-11,14,29H2,1-2H3,(H,30,34). The third kappa shape index (κ3) is 5.73. The maximum absolute atomic E-state index is 13.5. The average Bonchev–Trinajstić information content (AvgIpc) is 3.24. The van der Waals surface area contributed by atoms with E-state index < -0.39 is 29.5 Å². The fraction of sp³-hybridized carbons (Fsp3) is 0.320. The summed E-state index contributed by atoms with van der Waals surface area (Å²) >= 11 is 0. The van der Waals surface area contributed by atoms with Crippen LogP contribution in [0, 0.1) is 6.92 Å². The van der Waals surface area contributed by atoms with E-state index in [4.69, 9.17) is 15.2 Å². The summed E-state index contributed by atoms with van der Waals surface area (Å²) in [6.07, 6.45) is -5.28. The van der Waals surface area contributed by atoms with Crippen molar-refractivity contribution < 1.29 is 37.0 Å². The van der Waals surface area contributed by atoms with Crippen LogP contribution in [0.25, 0.3) is 5.69 Å². The number of carbonyl (C=O) groups is 2. The topological polar surface area (TPSA) is 121 Å². The lowest BCUT2D eigenvalue weighted by molar-refractivity contribution is -0.189. The number of benzene rings is 2. The van der Waals surface area contributed by atoms with Gasteiger partial charge in [0.05, 0.1) is 31.7 Å². The summed E-state index contributed by atoms with van der Waals surface area (Å²) in [7, 11) is 1.43. The van der Waals surface area contributed by atoms with Gasteiger partial charge in [0, 0.05) is 31.4 Å². The molecular weight excluding hydrogens is 507 g/mol. The van der Waals surface area contributed by atoms with E-state index in [-0.39, 0.29) is 17.9 Å². The van der Waals surface area contributed by atoms with E-state index in [1.807, 2.05) is 0 Å². The largest absolute Gasteiger partial charge is 0.494 e. The summed E-state index contributed by atoms with van der Waals surface area (Å²) in [4.78, 5) is 27.3. The van der Waals surface area contributed by atoms with Gasteiger partial charge in [-0.1, -0.05) is 12.1 Å². The Morgan fingerprint density at radius 3 is 2.53 bits per heavy atom. The number of methoxy groups -OCH3 is 1. The van der Waals surface area contributed by atoms with Crippen molar-refractivity contribution >= 4 is 23.3 Å². The van der Waals surface area contributed by atoms with E-state index in [0.717, 1.165) is 10.4 Å². The number of amides is 1. The molecule has 4 rings (SSSR count). The van der Waals surface area contributed by atoms with Gasteiger partial charge >= 0.3 is 12.1 Å². The van der Waals surface area contributed by atoms with Crippen molar-refractivity contribution in [2.75, 3.05) is 43.6 Å². The zero-order chi connectivity index (χ0) is 27.4. The highest BCUT2D eigenvalue weighted by Crippen LogP contribution is 2.33. The van der Waals surface area contributed by atoms with Crippen LogP contribution in [0.4, 0.5) is 24.5 Å². The predicted molar refractivity (Wildman–Crippen MR) is 132 cm³/mol. The van der Waals surface area contributed by atoms with Crippen LogP contribution < -0.4 is 25.4 Å². The van der Waals surface area contributed by atoms with Crippen molar-refractivity contribution in [1.82, 2.24) is 9.78 Å². The van der Waals surface area contributed by atoms with Gasteiger partial charge < -0.3 is 30.2 Å². The number of morpholine rings is 1. The molecule has 1 aliphatic heterocycles. The zero-order valence-electron chi connectivity index (χ0n) is 20.7. The van der Waals surface area contributed by atoms with E-state index >= 15 is 0 Å². The van der Waals surface area contributed by atoms with Crippen LogP contribution in [0.3, 0.4) is 0 Å². The normalized spacial score (nSPS) is 13.8. The molecule has 1 amide bonds. The third-order valence-electron chi connectivity index (χ3n) is 5.85. The fourth-order valence-electron chi connectivity index (χ4n) is 3.97. The molecule has 0 aliphatic carbocycles. The number of esters is 1. The molecule has 0 spiro atoms. The number of halogens is 3. The van der Waals surface area contributed by atoms with Gasteiger partial charge in [0.1, 0.15) is 11.4 Å². The quantitative estimate of drug-likeness (QED) is 0.445. The molecule has 0 bridgehead atoms. The Hall–Kier alpha value is -4.10. The van der Waals surface area contributed by atoms with Crippen LogP contribution in [0.1, 0.15) is 21.7 Å². The highest BCUT2D eigenvalue weighted by Gasteiger charge is 2.43. The Balaban J connectivity index is 1.73. The predicted octanol–water partition coefficient (Wildman–Crippen LogP) is 3.20. The minimum Gasteiger partial charge on any atom is -0.494 e. The van der Waals surface area contributed by atoms with Gasteiger partial charge in [-0.25, -0.2) is 9.48 Å². The summed E-state index contributed by atoms with van der Waals surface area (Å²) in [6, 6.07) is 11.7.